The number of primary amides is 1. The van der Waals surface area contributed by atoms with Gasteiger partial charge in [-0.25, -0.2) is 0 Å². The number of nitrogens with one attached hydrogen (secondary N) is 1. The van der Waals surface area contributed by atoms with E-state index in [9.17, 15) is 4.79 Å². The lowest BCUT2D eigenvalue weighted by molar-refractivity contribution is 0.100. The molecule has 0 unspecified atom stereocenters. The van der Waals surface area contributed by atoms with E-state index in [0.29, 0.717) is 22.8 Å². The van der Waals surface area contributed by atoms with E-state index in [1.807, 2.05) is 30.3 Å². The Balaban J connectivity index is 1.80. The van der Waals surface area contributed by atoms with Crippen molar-refractivity contribution in [1.29, 1.82) is 0 Å². The quantitative estimate of drug-likeness (QED) is 0.770. The predicted octanol–water partition coefficient (Wildman–Crippen LogP) is 3.80. The van der Waals surface area contributed by atoms with Crippen LogP contribution in [-0.2, 0) is 6.54 Å². The van der Waals surface area contributed by atoms with Crippen molar-refractivity contribution in [2.45, 2.75) is 6.54 Å². The second-order valence-corrected chi connectivity index (χ2v) is 5.07. The molecule has 3 aromatic rings. The van der Waals surface area contributed by atoms with Gasteiger partial charge in [0, 0.05) is 10.9 Å². The number of benzene rings is 2. The Morgan fingerprint density at radius 2 is 2.00 bits per heavy atom. The minimum Gasteiger partial charge on any atom is -0.459 e. The Morgan fingerprint density at radius 1 is 1.19 bits per heavy atom. The molecular weight excluding hydrogens is 288 g/mol. The lowest BCUT2D eigenvalue weighted by Crippen LogP contribution is -2.11. The van der Waals surface area contributed by atoms with E-state index >= 15 is 0 Å². The number of rotatable bonds is 4. The van der Waals surface area contributed by atoms with Crippen molar-refractivity contribution in [3.63, 3.8) is 0 Å². The highest BCUT2D eigenvalue weighted by molar-refractivity contribution is 6.33. The number of halogens is 1. The number of carbonyl (C=O) groups is 1. The van der Waals surface area contributed by atoms with Gasteiger partial charge in [0.05, 0.1) is 17.3 Å². The fourth-order valence-electron chi connectivity index (χ4n) is 2.12. The van der Waals surface area contributed by atoms with Gasteiger partial charge in [-0.1, -0.05) is 29.8 Å². The van der Waals surface area contributed by atoms with Crippen LogP contribution in [0.1, 0.15) is 16.1 Å². The Hall–Kier alpha value is -2.46. The molecule has 4 nitrogen and oxygen atoms in total. The van der Waals surface area contributed by atoms with Gasteiger partial charge in [-0.2, -0.15) is 0 Å². The van der Waals surface area contributed by atoms with Crippen molar-refractivity contribution < 1.29 is 9.21 Å². The minimum atomic E-state index is -0.488. The monoisotopic (exact) mass is 300 g/mol. The highest BCUT2D eigenvalue weighted by Gasteiger charge is 2.07. The maximum Gasteiger partial charge on any atom is 0.248 e. The molecule has 1 heterocycles. The molecule has 106 valence electrons. The van der Waals surface area contributed by atoms with E-state index in [1.54, 1.807) is 18.2 Å². The summed E-state index contributed by atoms with van der Waals surface area (Å²) in [4.78, 5) is 11.2. The van der Waals surface area contributed by atoms with Gasteiger partial charge in [-0.05, 0) is 30.3 Å². The van der Waals surface area contributed by atoms with Gasteiger partial charge in [-0.3, -0.25) is 4.79 Å². The number of para-hydroxylation sites is 1. The van der Waals surface area contributed by atoms with Gasteiger partial charge in [0.1, 0.15) is 11.3 Å². The number of amides is 1. The molecule has 0 aliphatic rings. The van der Waals surface area contributed by atoms with Crippen LogP contribution in [0.25, 0.3) is 11.0 Å². The van der Waals surface area contributed by atoms with Crippen molar-refractivity contribution in [2.75, 3.05) is 5.32 Å². The minimum absolute atomic E-state index is 0.409. The summed E-state index contributed by atoms with van der Waals surface area (Å²) < 4.78 is 5.71. The summed E-state index contributed by atoms with van der Waals surface area (Å²) in [5.41, 5.74) is 7.16. The van der Waals surface area contributed by atoms with Crippen molar-refractivity contribution in [3.05, 3.63) is 64.9 Å². The lowest BCUT2D eigenvalue weighted by Gasteiger charge is -2.08. The number of carbonyl (C=O) groups excluding carboxylic acids is 1. The summed E-state index contributed by atoms with van der Waals surface area (Å²) in [6.07, 6.45) is 0. The number of hydrogen-bond donors (Lipinski definition) is 2. The molecule has 5 heteroatoms. The van der Waals surface area contributed by atoms with Gasteiger partial charge < -0.3 is 15.5 Å². The average Bonchev–Trinajstić information content (AvgIpc) is 2.89. The van der Waals surface area contributed by atoms with Crippen LogP contribution in [0, 0.1) is 0 Å². The van der Waals surface area contributed by atoms with Crippen LogP contribution in [0.5, 0.6) is 0 Å². The maximum atomic E-state index is 11.2. The molecule has 0 saturated heterocycles. The van der Waals surface area contributed by atoms with Gasteiger partial charge in [0.15, 0.2) is 0 Å². The first kappa shape index (κ1) is 13.5. The standard InChI is InChI=1S/C16H13ClN2O2/c17-13-6-5-11(16(18)20)8-14(13)19-9-12-7-10-3-1-2-4-15(10)21-12/h1-8,19H,9H2,(H2,18,20). The summed E-state index contributed by atoms with van der Waals surface area (Å²) in [5.74, 6) is 0.301. The molecule has 21 heavy (non-hydrogen) atoms. The molecule has 1 aromatic heterocycles. The summed E-state index contributed by atoms with van der Waals surface area (Å²) >= 11 is 6.10. The fourth-order valence-corrected chi connectivity index (χ4v) is 2.30. The number of anilines is 1. The molecule has 0 aliphatic heterocycles. The smallest absolute Gasteiger partial charge is 0.248 e. The average molecular weight is 301 g/mol. The topological polar surface area (TPSA) is 68.3 Å². The SMILES string of the molecule is NC(=O)c1ccc(Cl)c(NCc2cc3ccccc3o2)c1. The first-order valence-corrected chi connectivity index (χ1v) is 6.82. The largest absolute Gasteiger partial charge is 0.459 e. The molecule has 0 aliphatic carbocycles. The Kier molecular flexibility index (Phi) is 3.54. The van der Waals surface area contributed by atoms with E-state index in [0.717, 1.165) is 16.7 Å². The predicted molar refractivity (Wildman–Crippen MR) is 83.5 cm³/mol. The van der Waals surface area contributed by atoms with Crippen molar-refractivity contribution in [2.24, 2.45) is 5.73 Å². The van der Waals surface area contributed by atoms with Crippen LogP contribution in [-0.4, -0.2) is 5.91 Å². The molecular formula is C16H13ClN2O2. The van der Waals surface area contributed by atoms with Crippen LogP contribution in [0.4, 0.5) is 5.69 Å². The summed E-state index contributed by atoms with van der Waals surface area (Å²) in [6.45, 7) is 0.469. The van der Waals surface area contributed by atoms with Crippen LogP contribution in [0.3, 0.4) is 0 Å². The lowest BCUT2D eigenvalue weighted by atomic mass is 10.2. The molecule has 3 rings (SSSR count). The molecule has 0 atom stereocenters. The number of hydrogen-bond acceptors (Lipinski definition) is 3. The normalized spacial score (nSPS) is 10.7. The van der Waals surface area contributed by atoms with Crippen molar-refractivity contribution in [3.8, 4) is 0 Å². The van der Waals surface area contributed by atoms with Gasteiger partial charge in [0.2, 0.25) is 5.91 Å². The Morgan fingerprint density at radius 3 is 2.76 bits per heavy atom. The highest BCUT2D eigenvalue weighted by Crippen LogP contribution is 2.25. The van der Waals surface area contributed by atoms with Crippen LogP contribution in [0.2, 0.25) is 5.02 Å². The molecule has 2 aromatic carbocycles. The summed E-state index contributed by atoms with van der Waals surface area (Å²) in [5, 5.41) is 4.72. The van der Waals surface area contributed by atoms with Crippen LogP contribution >= 0.6 is 11.6 Å². The van der Waals surface area contributed by atoms with Gasteiger partial charge >= 0.3 is 0 Å². The van der Waals surface area contributed by atoms with Crippen molar-refractivity contribution >= 4 is 34.2 Å². The summed E-state index contributed by atoms with van der Waals surface area (Å²) in [7, 11) is 0. The fraction of sp³-hybridized carbons (Fsp3) is 0.0625. The molecule has 0 fully saturated rings. The zero-order valence-corrected chi connectivity index (χ0v) is 11.9. The number of furan rings is 1. The maximum absolute atomic E-state index is 11.2. The zero-order chi connectivity index (χ0) is 14.8. The molecule has 0 bridgehead atoms. The van der Waals surface area contributed by atoms with E-state index < -0.39 is 5.91 Å². The summed E-state index contributed by atoms with van der Waals surface area (Å²) in [6, 6.07) is 14.6. The highest BCUT2D eigenvalue weighted by atomic mass is 35.5. The van der Waals surface area contributed by atoms with E-state index in [4.69, 9.17) is 21.8 Å². The molecule has 0 radical (unpaired) electrons. The molecule has 0 spiro atoms. The second kappa shape index (κ2) is 5.50. The first-order valence-electron chi connectivity index (χ1n) is 6.44. The van der Waals surface area contributed by atoms with Crippen LogP contribution < -0.4 is 11.1 Å². The number of nitrogens with two attached hydrogens (primary N) is 1. The van der Waals surface area contributed by atoms with E-state index in [1.165, 1.54) is 0 Å². The van der Waals surface area contributed by atoms with Crippen molar-refractivity contribution in [1.82, 2.24) is 0 Å². The molecule has 1 amide bonds. The molecule has 3 N–H and O–H groups in total. The third-order valence-corrected chi connectivity index (χ3v) is 3.51. The van der Waals surface area contributed by atoms with E-state index in [-0.39, 0.29) is 0 Å². The third-order valence-electron chi connectivity index (χ3n) is 3.18. The van der Waals surface area contributed by atoms with Gasteiger partial charge in [0.25, 0.3) is 0 Å². The Labute approximate surface area is 126 Å². The zero-order valence-electron chi connectivity index (χ0n) is 11.1. The van der Waals surface area contributed by atoms with Gasteiger partial charge in [-0.15, -0.1) is 0 Å². The van der Waals surface area contributed by atoms with Crippen LogP contribution in [0.15, 0.2) is 52.9 Å². The Bertz CT molecular complexity index is 778. The first-order chi connectivity index (χ1) is 10.1. The second-order valence-electron chi connectivity index (χ2n) is 4.66. The van der Waals surface area contributed by atoms with E-state index in [2.05, 4.69) is 5.32 Å². The third kappa shape index (κ3) is 2.85. The molecule has 0 saturated carbocycles. The number of fused-ring (bicyclic) bond motifs is 1.